The Morgan fingerprint density at radius 1 is 1.07 bits per heavy atom. The van der Waals surface area contributed by atoms with Crippen LogP contribution in [-0.2, 0) is 16.4 Å². The Morgan fingerprint density at radius 2 is 1.96 bits per heavy atom. The van der Waals surface area contributed by atoms with Gasteiger partial charge in [0, 0.05) is 31.1 Å². The smallest absolute Gasteiger partial charge is 0.183 e. The van der Waals surface area contributed by atoms with Gasteiger partial charge in [-0.25, -0.2) is 8.42 Å². The number of benzene rings is 2. The monoisotopic (exact) mass is 379 g/mol. The summed E-state index contributed by atoms with van der Waals surface area (Å²) in [7, 11) is -3.27. The second-order valence-electron chi connectivity index (χ2n) is 7.60. The highest BCUT2D eigenvalue weighted by atomic mass is 32.2. The van der Waals surface area contributed by atoms with Crippen LogP contribution in [0.2, 0.25) is 0 Å². The molecule has 0 amide bonds. The molecule has 138 valence electrons. The number of furan rings is 1. The van der Waals surface area contributed by atoms with Crippen LogP contribution in [0, 0.1) is 6.92 Å². The minimum absolute atomic E-state index is 0.0321. The van der Waals surface area contributed by atoms with Crippen LogP contribution in [0.1, 0.15) is 22.6 Å². The Hall–Kier alpha value is -2.37. The molecule has 2 unspecified atom stereocenters. The fourth-order valence-electron chi connectivity index (χ4n) is 4.52. The largest absolute Gasteiger partial charge is 0.464 e. The molecule has 27 heavy (non-hydrogen) atoms. The summed E-state index contributed by atoms with van der Waals surface area (Å²) in [4.78, 5) is 2.77. The highest BCUT2D eigenvalue weighted by molar-refractivity contribution is 7.92. The molecule has 1 fully saturated rings. The Kier molecular flexibility index (Phi) is 3.78. The first-order valence-corrected chi connectivity index (χ1v) is 10.8. The predicted molar refractivity (Wildman–Crippen MR) is 104 cm³/mol. The van der Waals surface area contributed by atoms with Crippen LogP contribution >= 0.6 is 0 Å². The summed E-state index contributed by atoms with van der Waals surface area (Å²) in [6.45, 7) is 4.23. The van der Waals surface area contributed by atoms with Crippen molar-refractivity contribution in [3.63, 3.8) is 0 Å². The highest BCUT2D eigenvalue weighted by Gasteiger charge is 2.50. The Morgan fingerprint density at radius 3 is 2.74 bits per heavy atom. The molecule has 2 atom stereocenters. The van der Waals surface area contributed by atoms with Gasteiger partial charge in [-0.3, -0.25) is 4.90 Å². The van der Waals surface area contributed by atoms with Crippen LogP contribution in [0.5, 0.6) is 0 Å². The number of hydrogen-bond acceptors (Lipinski definition) is 4. The van der Waals surface area contributed by atoms with Crippen LogP contribution in [0.4, 0.5) is 0 Å². The van der Waals surface area contributed by atoms with E-state index in [2.05, 4.69) is 36.1 Å². The van der Waals surface area contributed by atoms with Crippen molar-refractivity contribution in [1.29, 1.82) is 0 Å². The molecule has 0 saturated carbocycles. The van der Waals surface area contributed by atoms with Crippen LogP contribution in [0.15, 0.2) is 70.2 Å². The van der Waals surface area contributed by atoms with Gasteiger partial charge in [-0.15, -0.1) is 0 Å². The lowest BCUT2D eigenvalue weighted by atomic mass is 9.96. The van der Waals surface area contributed by atoms with Gasteiger partial charge in [-0.2, -0.15) is 0 Å². The third-order valence-electron chi connectivity index (χ3n) is 5.75. The minimum Gasteiger partial charge on any atom is -0.464 e. The zero-order valence-corrected chi connectivity index (χ0v) is 15.9. The van der Waals surface area contributed by atoms with Gasteiger partial charge >= 0.3 is 0 Å². The maximum Gasteiger partial charge on any atom is 0.183 e. The second-order valence-corrected chi connectivity index (χ2v) is 9.74. The molecule has 1 saturated heterocycles. The van der Waals surface area contributed by atoms with Crippen molar-refractivity contribution < 1.29 is 12.8 Å². The first-order chi connectivity index (χ1) is 13.0. The molecule has 0 radical (unpaired) electrons. The van der Waals surface area contributed by atoms with Crippen LogP contribution in [0.25, 0.3) is 11.3 Å². The van der Waals surface area contributed by atoms with E-state index in [-0.39, 0.29) is 11.2 Å². The lowest BCUT2D eigenvalue weighted by molar-refractivity contribution is 0.325. The van der Waals surface area contributed by atoms with Gasteiger partial charge in [0.25, 0.3) is 0 Å². The summed E-state index contributed by atoms with van der Waals surface area (Å²) in [6, 6.07) is 17.8. The van der Waals surface area contributed by atoms with Gasteiger partial charge in [0.15, 0.2) is 9.84 Å². The standard InChI is InChI=1S/C22H21NO3S/c1-15-4-2-5-16(10-15)12-23-13-19-18-11-17(20-6-3-9-26-20)7-8-21(18)27(24,25)22(19)14-23/h2-11,19,22H,12-14H2,1H3. The van der Waals surface area contributed by atoms with Gasteiger partial charge in [-0.1, -0.05) is 29.8 Å². The van der Waals surface area contributed by atoms with E-state index in [4.69, 9.17) is 4.42 Å². The number of fused-ring (bicyclic) bond motifs is 3. The van der Waals surface area contributed by atoms with E-state index in [0.29, 0.717) is 11.4 Å². The third kappa shape index (κ3) is 2.73. The first kappa shape index (κ1) is 16.8. The SMILES string of the molecule is Cc1cccc(CN2CC3c4cc(-c5ccco5)ccc4S(=O)(=O)C3C2)c1. The molecule has 0 spiro atoms. The van der Waals surface area contributed by atoms with E-state index in [1.807, 2.05) is 24.3 Å². The lowest BCUT2D eigenvalue weighted by Crippen LogP contribution is -2.25. The summed E-state index contributed by atoms with van der Waals surface area (Å²) in [5, 5.41) is -0.343. The molecule has 0 bridgehead atoms. The van der Waals surface area contributed by atoms with Gasteiger partial charge in [0.1, 0.15) is 5.76 Å². The maximum absolute atomic E-state index is 13.1. The van der Waals surface area contributed by atoms with E-state index in [1.165, 1.54) is 11.1 Å². The minimum atomic E-state index is -3.27. The lowest BCUT2D eigenvalue weighted by Gasteiger charge is -2.17. The number of sulfone groups is 1. The van der Waals surface area contributed by atoms with E-state index >= 15 is 0 Å². The third-order valence-corrected chi connectivity index (χ3v) is 8.01. The topological polar surface area (TPSA) is 50.5 Å². The van der Waals surface area contributed by atoms with Crippen molar-refractivity contribution >= 4 is 9.84 Å². The van der Waals surface area contributed by atoms with Crippen LogP contribution in [-0.4, -0.2) is 31.7 Å². The van der Waals surface area contributed by atoms with Gasteiger partial charge in [-0.05, 0) is 48.4 Å². The summed E-state index contributed by atoms with van der Waals surface area (Å²) in [5.41, 5.74) is 4.34. The molecule has 5 rings (SSSR count). The van der Waals surface area contributed by atoms with E-state index in [0.717, 1.165) is 30.0 Å². The van der Waals surface area contributed by atoms with E-state index in [1.54, 1.807) is 12.3 Å². The van der Waals surface area contributed by atoms with Crippen molar-refractivity contribution in [3.8, 4) is 11.3 Å². The van der Waals surface area contributed by atoms with Crippen molar-refractivity contribution in [2.45, 2.75) is 29.5 Å². The number of hydrogen-bond donors (Lipinski definition) is 0. The molecule has 5 heteroatoms. The number of rotatable bonds is 3. The molecular formula is C22H21NO3S. The van der Waals surface area contributed by atoms with Crippen LogP contribution in [0.3, 0.4) is 0 Å². The molecule has 0 N–H and O–H groups in total. The molecule has 4 nitrogen and oxygen atoms in total. The van der Waals surface area contributed by atoms with Crippen LogP contribution < -0.4 is 0 Å². The molecular weight excluding hydrogens is 358 g/mol. The van der Waals surface area contributed by atoms with Gasteiger partial charge in [0.05, 0.1) is 16.4 Å². The summed E-state index contributed by atoms with van der Waals surface area (Å²) in [6.07, 6.45) is 1.64. The normalized spacial score (nSPS) is 23.3. The van der Waals surface area contributed by atoms with Crippen molar-refractivity contribution in [2.24, 2.45) is 0 Å². The fourth-order valence-corrected chi connectivity index (χ4v) is 6.71. The summed E-state index contributed by atoms with van der Waals surface area (Å²) in [5.74, 6) is 0.804. The fraction of sp³-hybridized carbons (Fsp3) is 0.273. The molecule has 3 aromatic rings. The maximum atomic E-state index is 13.1. The number of nitrogens with zero attached hydrogens (tertiary/aromatic N) is 1. The van der Waals surface area contributed by atoms with Gasteiger partial charge < -0.3 is 4.42 Å². The highest BCUT2D eigenvalue weighted by Crippen LogP contribution is 2.46. The average molecular weight is 379 g/mol. The molecule has 2 aliphatic rings. The number of aryl methyl sites for hydroxylation is 1. The Balaban J connectivity index is 1.47. The molecule has 3 heterocycles. The van der Waals surface area contributed by atoms with Crippen molar-refractivity contribution in [3.05, 3.63) is 77.6 Å². The number of likely N-dealkylation sites (tertiary alicyclic amines) is 1. The van der Waals surface area contributed by atoms with Gasteiger partial charge in [0.2, 0.25) is 0 Å². The zero-order chi connectivity index (χ0) is 18.6. The second kappa shape index (κ2) is 6.08. The molecule has 0 aliphatic carbocycles. The van der Waals surface area contributed by atoms with E-state index < -0.39 is 9.84 Å². The Labute approximate surface area is 159 Å². The van der Waals surface area contributed by atoms with Crippen molar-refractivity contribution in [2.75, 3.05) is 13.1 Å². The molecule has 1 aromatic heterocycles. The predicted octanol–water partition coefficient (Wildman–Crippen LogP) is 4.01. The molecule has 2 aliphatic heterocycles. The van der Waals surface area contributed by atoms with Crippen molar-refractivity contribution in [1.82, 2.24) is 4.90 Å². The summed E-state index contributed by atoms with van der Waals surface area (Å²) < 4.78 is 31.6. The average Bonchev–Trinajstić information content (AvgIpc) is 3.34. The Bertz CT molecular complexity index is 1100. The summed E-state index contributed by atoms with van der Waals surface area (Å²) >= 11 is 0. The zero-order valence-electron chi connectivity index (χ0n) is 15.1. The van der Waals surface area contributed by atoms with E-state index in [9.17, 15) is 8.42 Å². The molecule has 2 aromatic carbocycles. The quantitative estimate of drug-likeness (QED) is 0.690. The first-order valence-electron chi connectivity index (χ1n) is 9.22.